The van der Waals surface area contributed by atoms with Crippen LogP contribution in [0, 0.1) is 6.92 Å². The molecular formula is C21H25ClN2O3S. The van der Waals surface area contributed by atoms with Crippen molar-refractivity contribution in [2.75, 3.05) is 13.1 Å². The first-order chi connectivity index (χ1) is 13.4. The number of hydrogen-bond acceptors (Lipinski definition) is 4. The maximum Gasteiger partial charge on any atom is 0.272 e. The van der Waals surface area contributed by atoms with Crippen molar-refractivity contribution in [1.82, 2.24) is 9.88 Å². The third kappa shape index (κ3) is 4.92. The van der Waals surface area contributed by atoms with Crippen molar-refractivity contribution in [3.63, 3.8) is 0 Å². The first-order valence-corrected chi connectivity index (χ1v) is 11.6. The van der Waals surface area contributed by atoms with Crippen LogP contribution in [0.4, 0.5) is 0 Å². The maximum atomic E-state index is 12.8. The smallest absolute Gasteiger partial charge is 0.272 e. The fraction of sp³-hybridized carbons (Fsp3) is 0.429. The fourth-order valence-corrected chi connectivity index (χ4v) is 5.33. The average Bonchev–Trinajstić information content (AvgIpc) is 2.63. The Balaban J connectivity index is 1.81. The number of likely N-dealkylation sites (tertiary alicyclic amines) is 1. The van der Waals surface area contributed by atoms with Gasteiger partial charge in [-0.05, 0) is 43.5 Å². The summed E-state index contributed by atoms with van der Waals surface area (Å²) in [6.45, 7) is 3.21. The lowest BCUT2D eigenvalue weighted by Crippen LogP contribution is -2.34. The molecule has 0 bridgehead atoms. The van der Waals surface area contributed by atoms with Gasteiger partial charge in [0.1, 0.15) is 5.69 Å². The molecular weight excluding hydrogens is 396 g/mol. The summed E-state index contributed by atoms with van der Waals surface area (Å²) in [4.78, 5) is 19.1. The van der Waals surface area contributed by atoms with Gasteiger partial charge in [0.15, 0.2) is 9.84 Å². The molecule has 1 aliphatic rings. The molecule has 1 aliphatic heterocycles. The Labute approximate surface area is 171 Å². The first-order valence-electron chi connectivity index (χ1n) is 9.61. The van der Waals surface area contributed by atoms with Gasteiger partial charge in [-0.3, -0.25) is 4.79 Å². The molecule has 0 spiro atoms. The van der Waals surface area contributed by atoms with E-state index in [9.17, 15) is 13.2 Å². The number of amides is 1. The summed E-state index contributed by atoms with van der Waals surface area (Å²) in [5.74, 6) is -0.424. The lowest BCUT2D eigenvalue weighted by molar-refractivity contribution is 0.0736. The highest BCUT2D eigenvalue weighted by Gasteiger charge is 2.22. The van der Waals surface area contributed by atoms with Crippen LogP contribution in [0.2, 0.25) is 5.02 Å². The van der Waals surface area contributed by atoms with Crippen LogP contribution in [0.3, 0.4) is 0 Å². The van der Waals surface area contributed by atoms with Crippen LogP contribution in [-0.2, 0) is 15.6 Å². The van der Waals surface area contributed by atoms with E-state index in [4.69, 9.17) is 11.6 Å². The minimum absolute atomic E-state index is 0.0939. The van der Waals surface area contributed by atoms with E-state index in [-0.39, 0.29) is 21.6 Å². The molecule has 1 aromatic heterocycles. The number of rotatable bonds is 4. The topological polar surface area (TPSA) is 67.3 Å². The average molecular weight is 421 g/mol. The van der Waals surface area contributed by atoms with Gasteiger partial charge in [-0.2, -0.15) is 0 Å². The Morgan fingerprint density at radius 3 is 2.39 bits per heavy atom. The van der Waals surface area contributed by atoms with Crippen LogP contribution in [0.25, 0.3) is 0 Å². The standard InChI is InChI=1S/C21H25ClN2O3S/c1-16-9-7-12-19(20(16)22)28(26,27)15-17-10-8-11-18(23-17)21(25)24-13-5-3-2-4-6-14-24/h7-12H,2-6,13-15H2,1H3. The second-order valence-corrected chi connectivity index (χ2v) is 9.56. The van der Waals surface area contributed by atoms with E-state index in [1.807, 2.05) is 4.90 Å². The van der Waals surface area contributed by atoms with E-state index in [1.54, 1.807) is 37.3 Å². The molecule has 0 N–H and O–H groups in total. The van der Waals surface area contributed by atoms with Gasteiger partial charge in [0.2, 0.25) is 0 Å². The van der Waals surface area contributed by atoms with Crippen molar-refractivity contribution in [3.8, 4) is 0 Å². The highest BCUT2D eigenvalue weighted by molar-refractivity contribution is 7.90. The fourth-order valence-electron chi connectivity index (χ4n) is 3.42. The van der Waals surface area contributed by atoms with Gasteiger partial charge in [0.25, 0.3) is 5.91 Å². The van der Waals surface area contributed by atoms with Gasteiger partial charge in [-0.15, -0.1) is 0 Å². The van der Waals surface area contributed by atoms with E-state index in [2.05, 4.69) is 4.98 Å². The molecule has 0 radical (unpaired) electrons. The summed E-state index contributed by atoms with van der Waals surface area (Å²) in [5, 5.41) is 0.232. The number of aromatic nitrogens is 1. The van der Waals surface area contributed by atoms with Crippen molar-refractivity contribution >= 4 is 27.3 Å². The molecule has 28 heavy (non-hydrogen) atoms. The van der Waals surface area contributed by atoms with Crippen molar-refractivity contribution in [2.24, 2.45) is 0 Å². The monoisotopic (exact) mass is 420 g/mol. The number of nitrogens with zero attached hydrogens (tertiary/aromatic N) is 2. The lowest BCUT2D eigenvalue weighted by atomic mass is 10.1. The molecule has 1 saturated heterocycles. The van der Waals surface area contributed by atoms with Gasteiger partial charge < -0.3 is 4.90 Å². The zero-order chi connectivity index (χ0) is 20.1. The van der Waals surface area contributed by atoms with Crippen molar-refractivity contribution in [3.05, 3.63) is 58.4 Å². The Bertz CT molecular complexity index is 952. The molecule has 3 rings (SSSR count). The second kappa shape index (κ2) is 9.05. The largest absolute Gasteiger partial charge is 0.337 e. The number of halogens is 1. The van der Waals surface area contributed by atoms with Crippen LogP contribution in [0.15, 0.2) is 41.3 Å². The summed E-state index contributed by atoms with van der Waals surface area (Å²) < 4.78 is 25.6. The summed E-state index contributed by atoms with van der Waals surface area (Å²) in [6, 6.07) is 9.90. The Morgan fingerprint density at radius 1 is 1.04 bits per heavy atom. The number of aryl methyl sites for hydroxylation is 1. The SMILES string of the molecule is Cc1cccc(S(=O)(=O)Cc2cccc(C(=O)N3CCCCCCC3)n2)c1Cl. The van der Waals surface area contributed by atoms with Gasteiger partial charge in [-0.1, -0.05) is 49.1 Å². The first kappa shape index (κ1) is 20.8. The van der Waals surface area contributed by atoms with Crippen LogP contribution in [0.5, 0.6) is 0 Å². The van der Waals surface area contributed by atoms with Crippen LogP contribution < -0.4 is 0 Å². The quantitative estimate of drug-likeness (QED) is 0.734. The molecule has 0 unspecified atom stereocenters. The highest BCUT2D eigenvalue weighted by atomic mass is 35.5. The molecule has 0 atom stereocenters. The highest BCUT2D eigenvalue weighted by Crippen LogP contribution is 2.27. The normalized spacial score (nSPS) is 15.7. The van der Waals surface area contributed by atoms with Gasteiger partial charge in [0.05, 0.1) is 21.4 Å². The molecule has 150 valence electrons. The van der Waals surface area contributed by atoms with Crippen LogP contribution in [-0.4, -0.2) is 37.3 Å². The molecule has 5 nitrogen and oxygen atoms in total. The summed E-state index contributed by atoms with van der Waals surface area (Å²) in [5.41, 5.74) is 1.34. The van der Waals surface area contributed by atoms with Crippen molar-refractivity contribution in [2.45, 2.75) is 49.7 Å². The summed E-state index contributed by atoms with van der Waals surface area (Å²) in [7, 11) is -3.66. The van der Waals surface area contributed by atoms with E-state index in [0.717, 1.165) is 38.8 Å². The number of carbonyl (C=O) groups excluding carboxylic acids is 1. The van der Waals surface area contributed by atoms with E-state index in [1.165, 1.54) is 12.5 Å². The van der Waals surface area contributed by atoms with E-state index >= 15 is 0 Å². The molecule has 2 heterocycles. The van der Waals surface area contributed by atoms with Crippen LogP contribution in [0.1, 0.15) is 53.8 Å². The minimum Gasteiger partial charge on any atom is -0.337 e. The summed E-state index contributed by atoms with van der Waals surface area (Å²) >= 11 is 6.20. The molecule has 0 saturated carbocycles. The van der Waals surface area contributed by atoms with Gasteiger partial charge >= 0.3 is 0 Å². The third-order valence-electron chi connectivity index (χ3n) is 5.00. The van der Waals surface area contributed by atoms with Gasteiger partial charge in [0, 0.05) is 13.1 Å². The third-order valence-corrected chi connectivity index (χ3v) is 7.30. The molecule has 1 fully saturated rings. The van der Waals surface area contributed by atoms with Crippen LogP contribution >= 0.6 is 11.6 Å². The zero-order valence-electron chi connectivity index (χ0n) is 16.0. The number of benzene rings is 1. The zero-order valence-corrected chi connectivity index (χ0v) is 17.6. The van der Waals surface area contributed by atoms with E-state index in [0.29, 0.717) is 17.0 Å². The van der Waals surface area contributed by atoms with Crippen molar-refractivity contribution < 1.29 is 13.2 Å². The van der Waals surface area contributed by atoms with Gasteiger partial charge in [-0.25, -0.2) is 13.4 Å². The summed E-state index contributed by atoms with van der Waals surface area (Å²) in [6.07, 6.45) is 5.46. The number of hydrogen-bond donors (Lipinski definition) is 0. The van der Waals surface area contributed by atoms with Crippen molar-refractivity contribution in [1.29, 1.82) is 0 Å². The number of sulfone groups is 1. The Kier molecular flexibility index (Phi) is 6.73. The predicted octanol–water partition coefficient (Wildman–Crippen LogP) is 4.42. The maximum absolute atomic E-state index is 12.8. The minimum atomic E-state index is -3.66. The lowest BCUT2D eigenvalue weighted by Gasteiger charge is -2.24. The second-order valence-electron chi connectivity index (χ2n) is 7.22. The number of carbonyl (C=O) groups is 1. The molecule has 1 amide bonds. The molecule has 7 heteroatoms. The molecule has 0 aliphatic carbocycles. The van der Waals surface area contributed by atoms with E-state index < -0.39 is 9.84 Å². The molecule has 2 aromatic rings. The predicted molar refractivity (Wildman–Crippen MR) is 110 cm³/mol. The molecule has 1 aromatic carbocycles. The number of pyridine rings is 1. The Morgan fingerprint density at radius 2 is 1.68 bits per heavy atom. The Hall–Kier alpha value is -1.92.